The first kappa shape index (κ1) is 13.1. The smallest absolute Gasteiger partial charge is 0.406 e. The molecule has 0 aromatic heterocycles. The third-order valence-electron chi connectivity index (χ3n) is 2.15. The van der Waals surface area contributed by atoms with E-state index in [1.54, 1.807) is 11.7 Å². The largest absolute Gasteiger partial charge is 0.597 e. The van der Waals surface area contributed by atoms with Gasteiger partial charge in [0, 0.05) is 7.11 Å². The molecule has 1 amide bonds. The molecular formula is C11H21N2O3+. The van der Waals surface area contributed by atoms with Crippen molar-refractivity contribution in [2.24, 2.45) is 0 Å². The fourth-order valence-electron chi connectivity index (χ4n) is 1.51. The summed E-state index contributed by atoms with van der Waals surface area (Å²) in [6, 6.07) is 0. The molecule has 0 saturated carbocycles. The van der Waals surface area contributed by atoms with Crippen molar-refractivity contribution in [2.75, 3.05) is 33.4 Å². The van der Waals surface area contributed by atoms with Crippen molar-refractivity contribution < 1.29 is 18.8 Å². The maximum Gasteiger partial charge on any atom is 0.597 e. The molecular weight excluding hydrogens is 208 g/mol. The van der Waals surface area contributed by atoms with Crippen LogP contribution in [0.15, 0.2) is 0 Å². The van der Waals surface area contributed by atoms with Crippen molar-refractivity contribution in [2.45, 2.75) is 26.4 Å². The molecule has 1 aliphatic rings. The van der Waals surface area contributed by atoms with E-state index in [-0.39, 0.29) is 6.09 Å². The summed E-state index contributed by atoms with van der Waals surface area (Å²) in [5.74, 6) is 0. The summed E-state index contributed by atoms with van der Waals surface area (Å²) < 4.78 is 12.1. The Kier molecular flexibility index (Phi) is 4.44. The van der Waals surface area contributed by atoms with Crippen LogP contribution >= 0.6 is 0 Å². The first-order valence-corrected chi connectivity index (χ1v) is 5.49. The standard InChI is InChI=1S/C11H21N2O3/c1-11(2,3)16-10(14)13-6-5-12-7-9(13)8-15-4/h12H,5-8H2,1-4H3/q+1. The molecule has 5 heteroatoms. The Morgan fingerprint density at radius 3 is 2.75 bits per heavy atom. The van der Waals surface area contributed by atoms with Crippen LogP contribution in [0, 0.1) is 0 Å². The van der Waals surface area contributed by atoms with E-state index in [2.05, 4.69) is 5.32 Å². The normalized spacial score (nSPS) is 17.5. The Hall–Kier alpha value is -0.940. The molecule has 1 aliphatic heterocycles. The number of nitrogens with one attached hydrogen (secondary N) is 1. The molecule has 1 rings (SSSR count). The first-order chi connectivity index (χ1) is 7.44. The molecule has 0 spiro atoms. The van der Waals surface area contributed by atoms with Gasteiger partial charge in [-0.05, 0) is 20.8 Å². The highest BCUT2D eigenvalue weighted by atomic mass is 16.6. The molecule has 92 valence electrons. The van der Waals surface area contributed by atoms with Crippen LogP contribution in [0.1, 0.15) is 20.8 Å². The van der Waals surface area contributed by atoms with Gasteiger partial charge in [-0.15, -0.1) is 4.58 Å². The lowest BCUT2D eigenvalue weighted by atomic mass is 10.2. The number of methoxy groups -OCH3 is 1. The SMILES string of the molecule is COCC1=[N+](C(=O)OC(C)(C)C)CCNC1. The van der Waals surface area contributed by atoms with E-state index in [1.165, 1.54) is 0 Å². The van der Waals surface area contributed by atoms with Crippen molar-refractivity contribution in [3.63, 3.8) is 0 Å². The molecule has 0 atom stereocenters. The van der Waals surface area contributed by atoms with Crippen LogP contribution in [0.5, 0.6) is 0 Å². The molecule has 0 aliphatic carbocycles. The molecule has 1 heterocycles. The number of amides is 1. The minimum Gasteiger partial charge on any atom is -0.406 e. The van der Waals surface area contributed by atoms with E-state index in [1.807, 2.05) is 20.8 Å². The number of nitrogens with zero attached hydrogens (tertiary/aromatic N) is 1. The number of ether oxygens (including phenoxy) is 2. The summed E-state index contributed by atoms with van der Waals surface area (Å²) in [6.07, 6.45) is -0.291. The second-order valence-corrected chi connectivity index (χ2v) is 4.81. The van der Waals surface area contributed by atoms with Crippen molar-refractivity contribution in [1.29, 1.82) is 0 Å². The zero-order valence-corrected chi connectivity index (χ0v) is 10.5. The Morgan fingerprint density at radius 2 is 2.19 bits per heavy atom. The fourth-order valence-corrected chi connectivity index (χ4v) is 1.51. The van der Waals surface area contributed by atoms with Gasteiger partial charge < -0.3 is 14.8 Å². The molecule has 1 N–H and O–H groups in total. The van der Waals surface area contributed by atoms with Crippen LogP contribution in [0.2, 0.25) is 0 Å². The molecule has 0 bridgehead atoms. The van der Waals surface area contributed by atoms with Crippen molar-refractivity contribution >= 4 is 11.8 Å². The number of hydrogen-bond donors (Lipinski definition) is 1. The summed E-state index contributed by atoms with van der Waals surface area (Å²) in [7, 11) is 1.62. The monoisotopic (exact) mass is 229 g/mol. The Balaban J connectivity index is 2.77. The molecule has 0 aromatic carbocycles. The predicted octanol–water partition coefficient (Wildman–Crippen LogP) is 0.625. The zero-order chi connectivity index (χ0) is 12.2. The summed E-state index contributed by atoms with van der Waals surface area (Å²) in [6.45, 7) is 8.13. The summed E-state index contributed by atoms with van der Waals surface area (Å²) in [5.41, 5.74) is 0.461. The van der Waals surface area contributed by atoms with E-state index in [0.29, 0.717) is 19.7 Å². The van der Waals surface area contributed by atoms with Crippen LogP contribution in [0.25, 0.3) is 0 Å². The van der Waals surface area contributed by atoms with Gasteiger partial charge in [-0.1, -0.05) is 0 Å². The zero-order valence-electron chi connectivity index (χ0n) is 10.5. The lowest BCUT2D eigenvalue weighted by molar-refractivity contribution is -0.455. The Bertz CT molecular complexity index is 292. The minimum absolute atomic E-state index is 0.291. The molecule has 0 unspecified atom stereocenters. The van der Waals surface area contributed by atoms with Gasteiger partial charge in [0.15, 0.2) is 6.54 Å². The van der Waals surface area contributed by atoms with Crippen LogP contribution in [0.4, 0.5) is 4.79 Å². The maximum absolute atomic E-state index is 11.9. The molecule has 16 heavy (non-hydrogen) atoms. The van der Waals surface area contributed by atoms with Gasteiger partial charge >= 0.3 is 6.09 Å². The lowest BCUT2D eigenvalue weighted by Crippen LogP contribution is -2.47. The fraction of sp³-hybridized carbons (Fsp3) is 0.818. The highest BCUT2D eigenvalue weighted by Gasteiger charge is 2.31. The molecule has 5 nitrogen and oxygen atoms in total. The van der Waals surface area contributed by atoms with Crippen molar-refractivity contribution in [3.8, 4) is 0 Å². The molecule has 0 saturated heterocycles. The van der Waals surface area contributed by atoms with Gasteiger partial charge in [0.2, 0.25) is 5.71 Å². The van der Waals surface area contributed by atoms with Gasteiger partial charge in [0.1, 0.15) is 12.2 Å². The van der Waals surface area contributed by atoms with Gasteiger partial charge in [-0.3, -0.25) is 0 Å². The van der Waals surface area contributed by atoms with Crippen LogP contribution in [-0.4, -0.2) is 55.3 Å². The van der Waals surface area contributed by atoms with E-state index >= 15 is 0 Å². The van der Waals surface area contributed by atoms with Crippen LogP contribution in [-0.2, 0) is 9.47 Å². The second kappa shape index (κ2) is 5.41. The van der Waals surface area contributed by atoms with Gasteiger partial charge in [0.25, 0.3) is 0 Å². The topological polar surface area (TPSA) is 50.6 Å². The number of rotatable bonds is 2. The third kappa shape index (κ3) is 3.90. The minimum atomic E-state index is -0.458. The average Bonchev–Trinajstić information content (AvgIpc) is 2.16. The van der Waals surface area contributed by atoms with E-state index in [0.717, 1.165) is 12.3 Å². The molecule has 0 aromatic rings. The second-order valence-electron chi connectivity index (χ2n) is 4.81. The molecule has 0 fully saturated rings. The van der Waals surface area contributed by atoms with E-state index in [4.69, 9.17) is 9.47 Å². The third-order valence-corrected chi connectivity index (χ3v) is 2.15. The Labute approximate surface area is 96.4 Å². The summed E-state index contributed by atoms with van der Waals surface area (Å²) in [5, 5.41) is 3.20. The quantitative estimate of drug-likeness (QED) is 0.705. The van der Waals surface area contributed by atoms with E-state index in [9.17, 15) is 4.79 Å². The highest BCUT2D eigenvalue weighted by molar-refractivity contribution is 5.87. The van der Waals surface area contributed by atoms with Gasteiger partial charge in [-0.25, -0.2) is 0 Å². The van der Waals surface area contributed by atoms with Crippen molar-refractivity contribution in [1.82, 2.24) is 5.32 Å². The van der Waals surface area contributed by atoms with Gasteiger partial charge in [-0.2, -0.15) is 4.79 Å². The lowest BCUT2D eigenvalue weighted by Gasteiger charge is -2.19. The maximum atomic E-state index is 11.9. The first-order valence-electron chi connectivity index (χ1n) is 5.49. The number of carbonyl (C=O) groups excluding carboxylic acids is 1. The average molecular weight is 229 g/mol. The van der Waals surface area contributed by atoms with E-state index < -0.39 is 5.60 Å². The predicted molar refractivity (Wildman–Crippen MR) is 61.1 cm³/mol. The molecule has 0 radical (unpaired) electrons. The highest BCUT2D eigenvalue weighted by Crippen LogP contribution is 2.08. The Morgan fingerprint density at radius 1 is 1.50 bits per heavy atom. The number of carbonyl (C=O) groups is 1. The van der Waals surface area contributed by atoms with Crippen LogP contribution in [0.3, 0.4) is 0 Å². The van der Waals surface area contributed by atoms with Crippen molar-refractivity contribution in [3.05, 3.63) is 0 Å². The number of hydrogen-bond acceptors (Lipinski definition) is 4. The summed E-state index contributed by atoms with van der Waals surface area (Å²) >= 11 is 0. The summed E-state index contributed by atoms with van der Waals surface area (Å²) in [4.78, 5) is 11.9. The van der Waals surface area contributed by atoms with Crippen LogP contribution < -0.4 is 5.32 Å². The van der Waals surface area contributed by atoms with Gasteiger partial charge in [0.05, 0.1) is 13.1 Å².